The van der Waals surface area contributed by atoms with Crippen molar-refractivity contribution in [2.24, 2.45) is 0 Å². The molecule has 0 saturated carbocycles. The van der Waals surface area contributed by atoms with Gasteiger partial charge in [0.05, 0.1) is 12.8 Å². The molecule has 0 bridgehead atoms. The lowest BCUT2D eigenvalue weighted by atomic mass is 10.1. The van der Waals surface area contributed by atoms with Crippen LogP contribution in [0.4, 0.5) is 5.69 Å². The van der Waals surface area contributed by atoms with Crippen molar-refractivity contribution in [3.8, 4) is 0 Å². The Kier molecular flexibility index (Phi) is 2.71. The van der Waals surface area contributed by atoms with E-state index < -0.39 is 0 Å². The summed E-state index contributed by atoms with van der Waals surface area (Å²) >= 11 is 0. The van der Waals surface area contributed by atoms with E-state index in [4.69, 9.17) is 8.83 Å². The van der Waals surface area contributed by atoms with Gasteiger partial charge in [0.2, 0.25) is 0 Å². The predicted octanol–water partition coefficient (Wildman–Crippen LogP) is 5.10. The van der Waals surface area contributed by atoms with Crippen LogP contribution in [0.15, 0.2) is 63.6 Å². The molecule has 2 aromatic carbocycles. The minimum atomic E-state index is 0.681. The lowest BCUT2D eigenvalue weighted by Crippen LogP contribution is -1.99. The fourth-order valence-corrected chi connectivity index (χ4v) is 2.60. The van der Waals surface area contributed by atoms with Gasteiger partial charge in [-0.3, -0.25) is 0 Å². The van der Waals surface area contributed by atoms with Gasteiger partial charge in [0, 0.05) is 16.5 Å². The van der Waals surface area contributed by atoms with Gasteiger partial charge in [-0.05, 0) is 42.8 Å². The Hall–Kier alpha value is -2.68. The molecule has 21 heavy (non-hydrogen) atoms. The molecule has 0 saturated heterocycles. The Labute approximate surface area is 122 Å². The minimum absolute atomic E-state index is 0.681. The van der Waals surface area contributed by atoms with Crippen molar-refractivity contribution in [3.05, 3.63) is 66.1 Å². The molecule has 0 aliphatic carbocycles. The van der Waals surface area contributed by atoms with E-state index in [1.54, 1.807) is 6.26 Å². The molecule has 0 atom stereocenters. The maximum atomic E-state index is 5.83. The molecule has 2 aromatic heterocycles. The summed E-state index contributed by atoms with van der Waals surface area (Å²) in [4.78, 5) is 0. The summed E-state index contributed by atoms with van der Waals surface area (Å²) < 4.78 is 11.3. The van der Waals surface area contributed by atoms with E-state index in [0.29, 0.717) is 6.54 Å². The van der Waals surface area contributed by atoms with Crippen LogP contribution in [0.25, 0.3) is 21.9 Å². The molecule has 4 rings (SSSR count). The zero-order valence-corrected chi connectivity index (χ0v) is 11.7. The number of furan rings is 2. The Morgan fingerprint density at radius 3 is 2.67 bits per heavy atom. The fraction of sp³-hybridized carbons (Fsp3) is 0.111. The molecule has 0 aliphatic rings. The van der Waals surface area contributed by atoms with E-state index in [2.05, 4.69) is 17.4 Å². The van der Waals surface area contributed by atoms with Crippen molar-refractivity contribution in [1.29, 1.82) is 0 Å². The van der Waals surface area contributed by atoms with Crippen LogP contribution < -0.4 is 5.32 Å². The summed E-state index contributed by atoms with van der Waals surface area (Å²) in [5.74, 6) is 0.965. The van der Waals surface area contributed by atoms with Crippen LogP contribution in [-0.4, -0.2) is 0 Å². The molecule has 3 heteroatoms. The van der Waals surface area contributed by atoms with Gasteiger partial charge < -0.3 is 14.2 Å². The van der Waals surface area contributed by atoms with E-state index in [1.807, 2.05) is 43.3 Å². The Morgan fingerprint density at radius 2 is 1.81 bits per heavy atom. The highest BCUT2D eigenvalue weighted by molar-refractivity contribution is 6.05. The molecule has 0 fully saturated rings. The number of aryl methyl sites for hydroxylation is 1. The number of rotatable bonds is 3. The quantitative estimate of drug-likeness (QED) is 0.566. The highest BCUT2D eigenvalue weighted by Gasteiger charge is 2.07. The topological polar surface area (TPSA) is 38.3 Å². The largest absolute Gasteiger partial charge is 0.467 e. The Morgan fingerprint density at radius 1 is 0.952 bits per heavy atom. The van der Waals surface area contributed by atoms with Crippen LogP contribution in [0.2, 0.25) is 0 Å². The van der Waals surface area contributed by atoms with Crippen molar-refractivity contribution in [1.82, 2.24) is 0 Å². The van der Waals surface area contributed by atoms with Crippen molar-refractivity contribution in [3.63, 3.8) is 0 Å². The van der Waals surface area contributed by atoms with E-state index >= 15 is 0 Å². The van der Waals surface area contributed by atoms with Gasteiger partial charge in [0.1, 0.15) is 16.9 Å². The van der Waals surface area contributed by atoms with Crippen LogP contribution in [0.1, 0.15) is 11.3 Å². The second-order valence-corrected chi connectivity index (χ2v) is 5.19. The van der Waals surface area contributed by atoms with Crippen LogP contribution in [-0.2, 0) is 6.54 Å². The molecular formula is C18H15NO2. The molecule has 0 unspecified atom stereocenters. The number of fused-ring (bicyclic) bond motifs is 3. The average Bonchev–Trinajstić information content (AvgIpc) is 3.08. The third-order valence-corrected chi connectivity index (χ3v) is 3.80. The molecule has 4 aromatic rings. The molecule has 3 nitrogen and oxygen atoms in total. The van der Waals surface area contributed by atoms with Gasteiger partial charge in [0.25, 0.3) is 0 Å². The molecular weight excluding hydrogens is 262 g/mol. The van der Waals surface area contributed by atoms with Gasteiger partial charge in [-0.25, -0.2) is 0 Å². The fourth-order valence-electron chi connectivity index (χ4n) is 2.60. The minimum Gasteiger partial charge on any atom is -0.467 e. The van der Waals surface area contributed by atoms with Crippen LogP contribution in [0, 0.1) is 6.92 Å². The molecule has 104 valence electrons. The van der Waals surface area contributed by atoms with E-state index in [-0.39, 0.29) is 0 Å². The van der Waals surface area contributed by atoms with Crippen molar-refractivity contribution >= 4 is 27.6 Å². The monoisotopic (exact) mass is 277 g/mol. The summed E-state index contributed by atoms with van der Waals surface area (Å²) in [5, 5.41) is 5.67. The summed E-state index contributed by atoms with van der Waals surface area (Å²) in [6, 6.07) is 16.2. The lowest BCUT2D eigenvalue weighted by Gasteiger charge is -2.05. The van der Waals surface area contributed by atoms with Crippen LogP contribution >= 0.6 is 0 Å². The standard InChI is InChI=1S/C18H15NO2/c1-12-8-9-20-18(12)11-19-13-6-7-17-15(10-13)14-4-2-3-5-16(14)21-17/h2-10,19H,11H2,1H3. The van der Waals surface area contributed by atoms with E-state index in [1.165, 1.54) is 0 Å². The summed E-state index contributed by atoms with van der Waals surface area (Å²) in [5.41, 5.74) is 4.06. The van der Waals surface area contributed by atoms with Gasteiger partial charge in [-0.1, -0.05) is 18.2 Å². The van der Waals surface area contributed by atoms with E-state index in [9.17, 15) is 0 Å². The smallest absolute Gasteiger partial charge is 0.135 e. The first-order valence-corrected chi connectivity index (χ1v) is 6.99. The van der Waals surface area contributed by atoms with Gasteiger partial charge in [0.15, 0.2) is 0 Å². The number of anilines is 1. The Balaban J connectivity index is 1.69. The number of hydrogen-bond acceptors (Lipinski definition) is 3. The van der Waals surface area contributed by atoms with Gasteiger partial charge in [-0.2, -0.15) is 0 Å². The predicted molar refractivity (Wildman–Crippen MR) is 84.5 cm³/mol. The molecule has 0 spiro atoms. The number of benzene rings is 2. The van der Waals surface area contributed by atoms with E-state index in [0.717, 1.165) is 38.9 Å². The summed E-state index contributed by atoms with van der Waals surface area (Å²) in [7, 11) is 0. The summed E-state index contributed by atoms with van der Waals surface area (Å²) in [6.45, 7) is 2.73. The third kappa shape index (κ3) is 2.07. The SMILES string of the molecule is Cc1ccoc1CNc1ccc2oc3ccccc3c2c1. The first kappa shape index (κ1) is 12.1. The molecule has 1 N–H and O–H groups in total. The molecule has 0 aliphatic heterocycles. The number of para-hydroxylation sites is 1. The van der Waals surface area contributed by atoms with Crippen LogP contribution in [0.5, 0.6) is 0 Å². The maximum absolute atomic E-state index is 5.83. The van der Waals surface area contributed by atoms with Crippen molar-refractivity contribution in [2.75, 3.05) is 5.32 Å². The maximum Gasteiger partial charge on any atom is 0.135 e. The zero-order chi connectivity index (χ0) is 14.2. The molecule has 2 heterocycles. The average molecular weight is 277 g/mol. The van der Waals surface area contributed by atoms with Crippen molar-refractivity contribution in [2.45, 2.75) is 13.5 Å². The molecule has 0 amide bonds. The van der Waals surface area contributed by atoms with Gasteiger partial charge >= 0.3 is 0 Å². The lowest BCUT2D eigenvalue weighted by molar-refractivity contribution is 0.515. The highest BCUT2D eigenvalue weighted by Crippen LogP contribution is 2.30. The van der Waals surface area contributed by atoms with Crippen molar-refractivity contribution < 1.29 is 8.83 Å². The first-order chi connectivity index (χ1) is 10.3. The van der Waals surface area contributed by atoms with Crippen LogP contribution in [0.3, 0.4) is 0 Å². The summed E-state index contributed by atoms with van der Waals surface area (Å²) in [6.07, 6.45) is 1.72. The second-order valence-electron chi connectivity index (χ2n) is 5.19. The van der Waals surface area contributed by atoms with Gasteiger partial charge in [-0.15, -0.1) is 0 Å². The molecule has 0 radical (unpaired) electrons. The highest BCUT2D eigenvalue weighted by atomic mass is 16.3. The normalized spacial score (nSPS) is 11.3. The number of nitrogens with one attached hydrogen (secondary N) is 1. The number of hydrogen-bond donors (Lipinski definition) is 1. The zero-order valence-electron chi connectivity index (χ0n) is 11.7. The third-order valence-electron chi connectivity index (χ3n) is 3.80. The second kappa shape index (κ2) is 4.70. The first-order valence-electron chi connectivity index (χ1n) is 6.99. The Bertz CT molecular complexity index is 917.